The first-order chi connectivity index (χ1) is 11.5. The van der Waals surface area contributed by atoms with Gasteiger partial charge in [0.15, 0.2) is 0 Å². The van der Waals surface area contributed by atoms with Gasteiger partial charge in [-0.15, -0.1) is 0 Å². The Morgan fingerprint density at radius 1 is 1.04 bits per heavy atom. The summed E-state index contributed by atoms with van der Waals surface area (Å²) >= 11 is 9.49. The molecule has 24 heavy (non-hydrogen) atoms. The molecule has 6 heteroatoms. The van der Waals surface area contributed by atoms with E-state index in [1.807, 2.05) is 31.2 Å². The second-order valence-corrected chi connectivity index (χ2v) is 6.54. The highest BCUT2D eigenvalue weighted by Gasteiger charge is 2.39. The minimum Gasteiger partial charge on any atom is -0.350 e. The molecule has 0 fully saturated rings. The standard InChI is InChI=1S/C18H14BrClN2O2/c1-2-11-5-3-4-6-14(11)22-17(23)15(20)16(18(22)24)21-13-9-7-12(19)8-10-13/h3-10,21H,2H2,1H3. The van der Waals surface area contributed by atoms with E-state index in [1.165, 1.54) is 0 Å². The van der Waals surface area contributed by atoms with E-state index in [2.05, 4.69) is 21.2 Å². The van der Waals surface area contributed by atoms with E-state index in [0.29, 0.717) is 17.8 Å². The van der Waals surface area contributed by atoms with Crippen LogP contribution >= 0.6 is 27.5 Å². The van der Waals surface area contributed by atoms with Crippen LogP contribution in [0.3, 0.4) is 0 Å². The summed E-state index contributed by atoms with van der Waals surface area (Å²) in [7, 11) is 0. The van der Waals surface area contributed by atoms with Gasteiger partial charge in [-0.1, -0.05) is 52.7 Å². The largest absolute Gasteiger partial charge is 0.350 e. The number of nitrogens with zero attached hydrogens (tertiary/aromatic N) is 1. The van der Waals surface area contributed by atoms with Crippen LogP contribution in [-0.2, 0) is 16.0 Å². The van der Waals surface area contributed by atoms with Crippen molar-refractivity contribution in [2.24, 2.45) is 0 Å². The second-order valence-electron chi connectivity index (χ2n) is 5.25. The number of carbonyl (C=O) groups excluding carboxylic acids is 2. The molecular weight excluding hydrogens is 392 g/mol. The molecule has 122 valence electrons. The molecule has 0 bridgehead atoms. The monoisotopic (exact) mass is 404 g/mol. The van der Waals surface area contributed by atoms with Crippen molar-refractivity contribution in [3.63, 3.8) is 0 Å². The molecule has 0 unspecified atom stereocenters. The van der Waals surface area contributed by atoms with Gasteiger partial charge in [0, 0.05) is 10.2 Å². The molecule has 4 nitrogen and oxygen atoms in total. The van der Waals surface area contributed by atoms with E-state index < -0.39 is 11.8 Å². The average molecular weight is 406 g/mol. The molecule has 1 N–H and O–H groups in total. The van der Waals surface area contributed by atoms with E-state index in [1.54, 1.807) is 24.3 Å². The molecule has 2 aromatic carbocycles. The Bertz CT molecular complexity index is 846. The van der Waals surface area contributed by atoms with E-state index in [0.717, 1.165) is 14.9 Å². The second kappa shape index (κ2) is 6.79. The molecule has 2 aromatic rings. The summed E-state index contributed by atoms with van der Waals surface area (Å²) in [4.78, 5) is 26.4. The third kappa shape index (κ3) is 2.97. The van der Waals surface area contributed by atoms with E-state index >= 15 is 0 Å². The summed E-state index contributed by atoms with van der Waals surface area (Å²) < 4.78 is 0.917. The Hall–Kier alpha value is -2.11. The van der Waals surface area contributed by atoms with Crippen molar-refractivity contribution in [1.29, 1.82) is 0 Å². The number of benzene rings is 2. The van der Waals surface area contributed by atoms with Crippen molar-refractivity contribution < 1.29 is 9.59 Å². The molecule has 0 atom stereocenters. The molecule has 0 saturated heterocycles. The predicted molar refractivity (Wildman–Crippen MR) is 99.0 cm³/mol. The van der Waals surface area contributed by atoms with Crippen molar-refractivity contribution in [2.45, 2.75) is 13.3 Å². The fourth-order valence-corrected chi connectivity index (χ4v) is 3.01. The number of rotatable bonds is 4. The zero-order chi connectivity index (χ0) is 17.3. The molecule has 1 aliphatic heterocycles. The van der Waals surface area contributed by atoms with Crippen LogP contribution in [0.25, 0.3) is 0 Å². The Balaban J connectivity index is 1.94. The summed E-state index contributed by atoms with van der Waals surface area (Å²) in [6.07, 6.45) is 0.709. The summed E-state index contributed by atoms with van der Waals surface area (Å²) in [5.41, 5.74) is 2.25. The van der Waals surface area contributed by atoms with Gasteiger partial charge in [-0.25, -0.2) is 4.90 Å². The van der Waals surface area contributed by atoms with Gasteiger partial charge in [0.1, 0.15) is 10.7 Å². The van der Waals surface area contributed by atoms with Crippen LogP contribution in [-0.4, -0.2) is 11.8 Å². The normalized spacial score (nSPS) is 14.5. The minimum atomic E-state index is -0.512. The Morgan fingerprint density at radius 2 is 1.71 bits per heavy atom. The maximum Gasteiger partial charge on any atom is 0.283 e. The van der Waals surface area contributed by atoms with Gasteiger partial charge in [0.05, 0.1) is 5.69 Å². The number of anilines is 2. The van der Waals surface area contributed by atoms with Gasteiger partial charge in [0.2, 0.25) is 0 Å². The number of halogens is 2. The fourth-order valence-electron chi connectivity index (χ4n) is 2.54. The molecule has 0 saturated carbocycles. The Labute approximate surface area is 153 Å². The first-order valence-corrected chi connectivity index (χ1v) is 8.59. The van der Waals surface area contributed by atoms with Crippen LogP contribution in [0.15, 0.2) is 63.7 Å². The fraction of sp³-hybridized carbons (Fsp3) is 0.111. The van der Waals surface area contributed by atoms with Gasteiger partial charge in [-0.2, -0.15) is 0 Å². The van der Waals surface area contributed by atoms with Gasteiger partial charge >= 0.3 is 0 Å². The number of carbonyl (C=O) groups is 2. The lowest BCUT2D eigenvalue weighted by Crippen LogP contribution is -2.33. The minimum absolute atomic E-state index is 0.0925. The topological polar surface area (TPSA) is 49.4 Å². The van der Waals surface area contributed by atoms with Crippen molar-refractivity contribution >= 4 is 50.7 Å². The molecule has 1 aliphatic rings. The van der Waals surface area contributed by atoms with Crippen molar-refractivity contribution in [2.75, 3.05) is 10.2 Å². The van der Waals surface area contributed by atoms with E-state index in [9.17, 15) is 9.59 Å². The van der Waals surface area contributed by atoms with Gasteiger partial charge in [0.25, 0.3) is 11.8 Å². The average Bonchev–Trinajstić information content (AvgIpc) is 2.80. The molecule has 0 aliphatic carbocycles. The first-order valence-electron chi connectivity index (χ1n) is 7.42. The smallest absolute Gasteiger partial charge is 0.283 e. The SMILES string of the molecule is CCc1ccccc1N1C(=O)C(Cl)=C(Nc2ccc(Br)cc2)C1=O. The Kier molecular flexibility index (Phi) is 4.73. The van der Waals surface area contributed by atoms with Crippen molar-refractivity contribution in [3.05, 3.63) is 69.3 Å². The zero-order valence-corrected chi connectivity index (χ0v) is 15.2. The highest BCUT2D eigenvalue weighted by Crippen LogP contribution is 2.32. The lowest BCUT2D eigenvalue weighted by atomic mass is 10.1. The van der Waals surface area contributed by atoms with Crippen LogP contribution in [0.1, 0.15) is 12.5 Å². The number of amides is 2. The third-order valence-electron chi connectivity index (χ3n) is 3.75. The van der Waals surface area contributed by atoms with Crippen LogP contribution in [0, 0.1) is 0 Å². The summed E-state index contributed by atoms with van der Waals surface area (Å²) in [6.45, 7) is 1.97. The highest BCUT2D eigenvalue weighted by molar-refractivity contribution is 9.10. The maximum absolute atomic E-state index is 12.8. The number of hydrogen-bond donors (Lipinski definition) is 1. The molecule has 1 heterocycles. The number of hydrogen-bond acceptors (Lipinski definition) is 3. The molecule has 3 rings (SSSR count). The molecular formula is C18H14BrClN2O2. The van der Waals surface area contributed by atoms with Crippen molar-refractivity contribution in [1.82, 2.24) is 0 Å². The van der Waals surface area contributed by atoms with Crippen LogP contribution in [0.2, 0.25) is 0 Å². The number of imide groups is 1. The van der Waals surface area contributed by atoms with Crippen molar-refractivity contribution in [3.8, 4) is 0 Å². The predicted octanol–water partition coefficient (Wildman–Crippen LogP) is 4.45. The third-order valence-corrected chi connectivity index (χ3v) is 4.63. The van der Waals surface area contributed by atoms with Crippen LogP contribution < -0.4 is 10.2 Å². The lowest BCUT2D eigenvalue weighted by Gasteiger charge is -2.18. The number of aryl methyl sites for hydroxylation is 1. The molecule has 0 spiro atoms. The van der Waals surface area contributed by atoms with Gasteiger partial charge < -0.3 is 5.32 Å². The first kappa shape index (κ1) is 16.7. The number of nitrogens with one attached hydrogen (secondary N) is 1. The van der Waals surface area contributed by atoms with Gasteiger partial charge in [-0.05, 0) is 42.3 Å². The highest BCUT2D eigenvalue weighted by atomic mass is 79.9. The van der Waals surface area contributed by atoms with E-state index in [4.69, 9.17) is 11.6 Å². The quantitative estimate of drug-likeness (QED) is 0.765. The van der Waals surface area contributed by atoms with E-state index in [-0.39, 0.29) is 10.7 Å². The molecule has 2 amide bonds. The molecule has 0 radical (unpaired) electrons. The number of para-hydroxylation sites is 1. The van der Waals surface area contributed by atoms with Crippen LogP contribution in [0.4, 0.5) is 11.4 Å². The Morgan fingerprint density at radius 3 is 2.38 bits per heavy atom. The summed E-state index contributed by atoms with van der Waals surface area (Å²) in [6, 6.07) is 14.6. The zero-order valence-electron chi connectivity index (χ0n) is 12.8. The molecule has 0 aromatic heterocycles. The summed E-state index contributed by atoms with van der Waals surface area (Å²) in [5, 5.41) is 2.85. The van der Waals surface area contributed by atoms with Crippen LogP contribution in [0.5, 0.6) is 0 Å². The maximum atomic E-state index is 12.8. The lowest BCUT2D eigenvalue weighted by molar-refractivity contribution is -0.120. The summed E-state index contributed by atoms with van der Waals surface area (Å²) in [5.74, 6) is -0.962. The van der Waals surface area contributed by atoms with Gasteiger partial charge in [-0.3, -0.25) is 9.59 Å².